The average molecular weight is 428 g/mol. The molecule has 162 valence electrons. The Kier molecular flexibility index (Phi) is 6.50. The number of nitrogens with one attached hydrogen (secondary N) is 1. The zero-order valence-electron chi connectivity index (χ0n) is 17.8. The van der Waals surface area contributed by atoms with E-state index in [-0.39, 0.29) is 5.56 Å². The van der Waals surface area contributed by atoms with E-state index in [0.29, 0.717) is 18.2 Å². The number of nitrogens with zero attached hydrogens (tertiary/aromatic N) is 5. The van der Waals surface area contributed by atoms with Gasteiger partial charge >= 0.3 is 5.97 Å². The summed E-state index contributed by atoms with van der Waals surface area (Å²) in [5.74, 6) is 0.103. The number of anilines is 1. The van der Waals surface area contributed by atoms with E-state index in [1.54, 1.807) is 18.3 Å². The van der Waals surface area contributed by atoms with Crippen LogP contribution in [-0.4, -0.2) is 49.8 Å². The highest BCUT2D eigenvalue weighted by molar-refractivity contribution is 5.93. The fraction of sp³-hybridized carbons (Fsp3) is 0.208. The van der Waals surface area contributed by atoms with Crippen molar-refractivity contribution in [2.75, 3.05) is 18.0 Å². The van der Waals surface area contributed by atoms with Crippen LogP contribution < -0.4 is 4.90 Å². The summed E-state index contributed by atoms with van der Waals surface area (Å²) in [6.07, 6.45) is 3.29. The molecule has 0 saturated carbocycles. The molecule has 4 aromatic rings. The summed E-state index contributed by atoms with van der Waals surface area (Å²) >= 11 is 0. The van der Waals surface area contributed by atoms with Crippen molar-refractivity contribution in [2.24, 2.45) is 0 Å². The van der Waals surface area contributed by atoms with Gasteiger partial charge in [-0.15, -0.1) is 10.2 Å². The lowest BCUT2D eigenvalue weighted by Crippen LogP contribution is -2.29. The predicted octanol–water partition coefficient (Wildman–Crippen LogP) is 4.09. The van der Waals surface area contributed by atoms with Gasteiger partial charge in [0.1, 0.15) is 11.4 Å². The molecule has 0 amide bonds. The number of tetrazole rings is 1. The molecule has 0 aliphatic heterocycles. The number of rotatable bonds is 9. The van der Waals surface area contributed by atoms with Crippen molar-refractivity contribution in [3.8, 4) is 22.5 Å². The minimum atomic E-state index is -0.964. The number of aromatic nitrogens is 5. The molecule has 0 bridgehead atoms. The normalized spacial score (nSPS) is 10.8. The summed E-state index contributed by atoms with van der Waals surface area (Å²) in [5.41, 5.74) is 4.38. The molecule has 2 aromatic heterocycles. The number of benzene rings is 2. The first-order chi connectivity index (χ1) is 15.7. The molecule has 0 unspecified atom stereocenters. The van der Waals surface area contributed by atoms with E-state index in [4.69, 9.17) is 0 Å². The Morgan fingerprint density at radius 3 is 2.62 bits per heavy atom. The molecule has 8 heteroatoms. The van der Waals surface area contributed by atoms with Crippen LogP contribution in [-0.2, 0) is 6.42 Å². The molecule has 2 heterocycles. The topological polar surface area (TPSA) is 108 Å². The minimum Gasteiger partial charge on any atom is -0.478 e. The molecule has 0 fully saturated rings. The quantitative estimate of drug-likeness (QED) is 0.413. The van der Waals surface area contributed by atoms with Crippen LogP contribution in [0.3, 0.4) is 0 Å². The van der Waals surface area contributed by atoms with Gasteiger partial charge in [-0.25, -0.2) is 9.78 Å². The third-order valence-electron chi connectivity index (χ3n) is 5.23. The Bertz CT molecular complexity index is 1190. The summed E-state index contributed by atoms with van der Waals surface area (Å²) in [5, 5.41) is 24.0. The van der Waals surface area contributed by atoms with Gasteiger partial charge in [0.15, 0.2) is 0 Å². The number of aromatic carboxylic acids is 1. The van der Waals surface area contributed by atoms with Crippen LogP contribution in [0.15, 0.2) is 66.9 Å². The lowest BCUT2D eigenvalue weighted by molar-refractivity contribution is 0.0697. The van der Waals surface area contributed by atoms with Crippen LogP contribution in [0.1, 0.15) is 29.3 Å². The molecule has 0 spiro atoms. The van der Waals surface area contributed by atoms with Crippen molar-refractivity contribution in [1.29, 1.82) is 0 Å². The van der Waals surface area contributed by atoms with Crippen molar-refractivity contribution >= 4 is 11.8 Å². The number of carbonyl (C=O) groups is 1. The highest BCUT2D eigenvalue weighted by atomic mass is 16.4. The Morgan fingerprint density at radius 2 is 1.88 bits per heavy atom. The highest BCUT2D eigenvalue weighted by Gasteiger charge is 2.17. The van der Waals surface area contributed by atoms with Crippen LogP contribution in [0.25, 0.3) is 22.5 Å². The van der Waals surface area contributed by atoms with Gasteiger partial charge in [0.25, 0.3) is 0 Å². The first-order valence-electron chi connectivity index (χ1n) is 10.5. The standard InChI is InChI=1S/C24H24N6O2/c1-2-14-30(23-21(24(31)32)11-6-13-25-23)15-12-17-7-5-8-18(16-17)19-9-3-4-10-20(19)22-26-28-29-27-22/h3-11,13,16H,2,12,14-15H2,1H3,(H,31,32)(H,26,27,28,29). The Labute approximate surface area is 186 Å². The third-order valence-corrected chi connectivity index (χ3v) is 5.23. The number of aromatic amines is 1. The van der Waals surface area contributed by atoms with E-state index in [1.165, 1.54) is 0 Å². The van der Waals surface area contributed by atoms with Gasteiger partial charge in [-0.2, -0.15) is 5.21 Å². The second kappa shape index (κ2) is 9.82. The van der Waals surface area contributed by atoms with Crippen molar-refractivity contribution in [3.63, 3.8) is 0 Å². The van der Waals surface area contributed by atoms with Gasteiger partial charge in [-0.05, 0) is 46.9 Å². The Morgan fingerprint density at radius 1 is 1.03 bits per heavy atom. The van der Waals surface area contributed by atoms with Crippen molar-refractivity contribution in [1.82, 2.24) is 25.6 Å². The summed E-state index contributed by atoms with van der Waals surface area (Å²) in [6, 6.07) is 19.5. The van der Waals surface area contributed by atoms with Crippen molar-refractivity contribution in [2.45, 2.75) is 19.8 Å². The van der Waals surface area contributed by atoms with Crippen LogP contribution in [0.2, 0.25) is 0 Å². The maximum Gasteiger partial charge on any atom is 0.339 e. The number of carboxylic acid groups (broad SMARTS) is 1. The average Bonchev–Trinajstić information content (AvgIpc) is 3.37. The molecule has 0 aliphatic rings. The van der Waals surface area contributed by atoms with E-state index in [1.807, 2.05) is 35.2 Å². The molecule has 8 nitrogen and oxygen atoms in total. The van der Waals surface area contributed by atoms with Crippen LogP contribution >= 0.6 is 0 Å². The maximum absolute atomic E-state index is 11.7. The number of hydrogen-bond donors (Lipinski definition) is 2. The van der Waals surface area contributed by atoms with Crippen LogP contribution in [0, 0.1) is 0 Å². The second-order valence-corrected chi connectivity index (χ2v) is 7.40. The van der Waals surface area contributed by atoms with E-state index >= 15 is 0 Å². The lowest BCUT2D eigenvalue weighted by Gasteiger charge is -2.24. The molecule has 0 atom stereocenters. The smallest absolute Gasteiger partial charge is 0.339 e. The third kappa shape index (κ3) is 4.64. The van der Waals surface area contributed by atoms with Gasteiger partial charge in [0, 0.05) is 24.8 Å². The molecular formula is C24H24N6O2. The molecule has 2 aromatic carbocycles. The van der Waals surface area contributed by atoms with Gasteiger partial charge in [0.2, 0.25) is 5.82 Å². The second-order valence-electron chi connectivity index (χ2n) is 7.40. The van der Waals surface area contributed by atoms with Gasteiger partial charge in [-0.3, -0.25) is 0 Å². The molecule has 0 radical (unpaired) electrons. The van der Waals surface area contributed by atoms with Crippen molar-refractivity contribution in [3.05, 3.63) is 78.0 Å². The Hall–Kier alpha value is -4.07. The van der Waals surface area contributed by atoms with Gasteiger partial charge in [-0.1, -0.05) is 55.5 Å². The predicted molar refractivity (Wildman–Crippen MR) is 122 cm³/mol. The number of pyridine rings is 1. The summed E-state index contributed by atoms with van der Waals surface area (Å²) in [7, 11) is 0. The first-order valence-corrected chi connectivity index (χ1v) is 10.5. The summed E-state index contributed by atoms with van der Waals surface area (Å²) in [6.45, 7) is 3.48. The van der Waals surface area contributed by atoms with Crippen LogP contribution in [0.4, 0.5) is 5.82 Å². The molecular weight excluding hydrogens is 404 g/mol. The summed E-state index contributed by atoms with van der Waals surface area (Å²) in [4.78, 5) is 18.1. The number of carboxylic acids is 1. The van der Waals surface area contributed by atoms with Crippen LogP contribution in [0.5, 0.6) is 0 Å². The number of H-pyrrole nitrogens is 1. The SMILES string of the molecule is CCCN(CCc1cccc(-c2ccccc2-c2nn[nH]n2)c1)c1ncccc1C(=O)O. The zero-order valence-corrected chi connectivity index (χ0v) is 17.8. The lowest BCUT2D eigenvalue weighted by atomic mass is 9.97. The molecule has 0 aliphatic carbocycles. The van der Waals surface area contributed by atoms with E-state index in [9.17, 15) is 9.90 Å². The fourth-order valence-corrected chi connectivity index (χ4v) is 3.77. The minimum absolute atomic E-state index is 0.226. The maximum atomic E-state index is 11.7. The van der Waals surface area contributed by atoms with E-state index in [0.717, 1.165) is 41.6 Å². The molecule has 32 heavy (non-hydrogen) atoms. The summed E-state index contributed by atoms with van der Waals surface area (Å²) < 4.78 is 0. The highest BCUT2D eigenvalue weighted by Crippen LogP contribution is 2.30. The van der Waals surface area contributed by atoms with Crippen molar-refractivity contribution < 1.29 is 9.90 Å². The molecule has 4 rings (SSSR count). The Balaban J connectivity index is 1.58. The first kappa shape index (κ1) is 21.2. The molecule has 2 N–H and O–H groups in total. The van der Waals surface area contributed by atoms with Gasteiger partial charge < -0.3 is 10.0 Å². The number of hydrogen-bond acceptors (Lipinski definition) is 6. The van der Waals surface area contributed by atoms with Gasteiger partial charge in [0.05, 0.1) is 0 Å². The largest absolute Gasteiger partial charge is 0.478 e. The monoisotopic (exact) mass is 428 g/mol. The molecule has 0 saturated heterocycles. The van der Waals surface area contributed by atoms with E-state index < -0.39 is 5.97 Å². The van der Waals surface area contributed by atoms with E-state index in [2.05, 4.69) is 50.7 Å². The zero-order chi connectivity index (χ0) is 22.3. The fourth-order valence-electron chi connectivity index (χ4n) is 3.77.